The van der Waals surface area contributed by atoms with Gasteiger partial charge in [-0.2, -0.15) is 0 Å². The fourth-order valence-electron chi connectivity index (χ4n) is 0.734. The van der Waals surface area contributed by atoms with Gasteiger partial charge in [-0.3, -0.25) is 4.79 Å². The fraction of sp³-hybridized carbons (Fsp3) is 0.125. The van der Waals surface area contributed by atoms with Crippen molar-refractivity contribution in [1.82, 2.24) is 0 Å². The van der Waals surface area contributed by atoms with Crippen LogP contribution in [0.15, 0.2) is 30.3 Å². The summed E-state index contributed by atoms with van der Waals surface area (Å²) in [6, 6.07) is 9.23. The molecule has 0 radical (unpaired) electrons. The second-order valence-corrected chi connectivity index (χ2v) is 2.11. The van der Waals surface area contributed by atoms with Crippen LogP contribution in [-0.2, 0) is 4.79 Å². The van der Waals surface area contributed by atoms with Crippen molar-refractivity contribution in [1.29, 1.82) is 0 Å². The van der Waals surface area contributed by atoms with Crippen LogP contribution < -0.4 is 34.9 Å². The molecule has 0 bridgehead atoms. The van der Waals surface area contributed by atoms with Crippen LogP contribution in [0.1, 0.15) is 0 Å². The summed E-state index contributed by atoms with van der Waals surface area (Å²) in [5.41, 5.74) is 0.829. The second kappa shape index (κ2) is 6.06. The summed E-state index contributed by atoms with van der Waals surface area (Å²) in [5.74, 6) is -0.853. The number of rotatable bonds is 3. The molecule has 0 aliphatic heterocycles. The largest absolute Gasteiger partial charge is 1.00 e. The first-order valence-electron chi connectivity index (χ1n) is 3.30. The van der Waals surface area contributed by atoms with Gasteiger partial charge in [-0.05, 0) is 12.1 Å². The first kappa shape index (κ1) is 11.5. The number of carboxylic acids is 1. The molecule has 12 heavy (non-hydrogen) atoms. The monoisotopic (exact) mass is 174 g/mol. The molecule has 1 rings (SSSR count). The number of benzene rings is 1. The molecule has 0 unspecified atom stereocenters. The summed E-state index contributed by atoms with van der Waals surface area (Å²) in [5, 5.41) is 11.1. The van der Waals surface area contributed by atoms with Crippen molar-refractivity contribution in [3.63, 3.8) is 0 Å². The van der Waals surface area contributed by atoms with Gasteiger partial charge in [0.25, 0.3) is 0 Å². The van der Waals surface area contributed by atoms with Crippen molar-refractivity contribution in [3.8, 4) is 0 Å². The fourth-order valence-corrected chi connectivity index (χ4v) is 0.734. The maximum Gasteiger partial charge on any atom is 1.00 e. The van der Waals surface area contributed by atoms with Crippen LogP contribution in [0, 0.1) is 0 Å². The van der Waals surface area contributed by atoms with Gasteiger partial charge in [0.2, 0.25) is 0 Å². The normalized spacial score (nSPS) is 8.33. The van der Waals surface area contributed by atoms with Gasteiger partial charge in [0, 0.05) is 5.69 Å². The topological polar surface area (TPSA) is 49.3 Å². The Labute approximate surface area is 93.1 Å². The van der Waals surface area contributed by atoms with E-state index < -0.39 is 5.97 Å². The SMILES string of the molecule is O=C(O)CNc1ccccc1.[Na+]. The van der Waals surface area contributed by atoms with Gasteiger partial charge >= 0.3 is 35.5 Å². The number of carbonyl (C=O) groups is 1. The number of carboxylic acid groups (broad SMARTS) is 1. The Morgan fingerprint density at radius 2 is 1.92 bits per heavy atom. The quantitative estimate of drug-likeness (QED) is 0.531. The molecule has 0 amide bonds. The van der Waals surface area contributed by atoms with E-state index in [0.717, 1.165) is 5.69 Å². The first-order chi connectivity index (χ1) is 5.29. The molecule has 0 saturated carbocycles. The minimum Gasteiger partial charge on any atom is -0.480 e. The van der Waals surface area contributed by atoms with Gasteiger partial charge in [-0.15, -0.1) is 0 Å². The molecule has 0 atom stereocenters. The van der Waals surface area contributed by atoms with E-state index in [9.17, 15) is 4.79 Å². The van der Waals surface area contributed by atoms with Crippen LogP contribution in [0.3, 0.4) is 0 Å². The summed E-state index contributed by atoms with van der Waals surface area (Å²) in [6.07, 6.45) is 0. The Balaban J connectivity index is 0.00000121. The third kappa shape index (κ3) is 4.38. The average molecular weight is 174 g/mol. The maximum absolute atomic E-state index is 10.1. The van der Waals surface area contributed by atoms with Gasteiger partial charge in [0.15, 0.2) is 0 Å². The minimum atomic E-state index is -0.853. The molecule has 58 valence electrons. The van der Waals surface area contributed by atoms with Crippen LogP contribution in [0.2, 0.25) is 0 Å². The Hall–Kier alpha value is -0.510. The van der Waals surface area contributed by atoms with Gasteiger partial charge in [0.1, 0.15) is 6.54 Å². The van der Waals surface area contributed by atoms with Crippen molar-refractivity contribution in [3.05, 3.63) is 30.3 Å². The van der Waals surface area contributed by atoms with Crippen LogP contribution in [0.25, 0.3) is 0 Å². The molecular formula is C8H9NNaO2+. The number of aliphatic carboxylic acids is 1. The number of nitrogens with one attached hydrogen (secondary N) is 1. The molecule has 2 N–H and O–H groups in total. The zero-order valence-electron chi connectivity index (χ0n) is 6.95. The van der Waals surface area contributed by atoms with E-state index in [1.54, 1.807) is 0 Å². The summed E-state index contributed by atoms with van der Waals surface area (Å²) >= 11 is 0. The Bertz CT molecular complexity index is 238. The molecule has 0 saturated heterocycles. The van der Waals surface area contributed by atoms with Gasteiger partial charge in [-0.25, -0.2) is 0 Å². The second-order valence-electron chi connectivity index (χ2n) is 2.11. The van der Waals surface area contributed by atoms with Gasteiger partial charge in [-0.1, -0.05) is 18.2 Å². The molecule has 0 heterocycles. The Kier molecular flexibility index (Phi) is 5.80. The summed E-state index contributed by atoms with van der Waals surface area (Å²) in [7, 11) is 0. The van der Waals surface area contributed by atoms with E-state index in [1.165, 1.54) is 0 Å². The number of para-hydroxylation sites is 1. The number of hydrogen-bond acceptors (Lipinski definition) is 2. The molecule has 3 nitrogen and oxygen atoms in total. The van der Waals surface area contributed by atoms with E-state index in [4.69, 9.17) is 5.11 Å². The van der Waals surface area contributed by atoms with Crippen LogP contribution in [-0.4, -0.2) is 17.6 Å². The van der Waals surface area contributed by atoms with E-state index in [1.807, 2.05) is 30.3 Å². The standard InChI is InChI=1S/C8H9NO2.Na/c10-8(11)6-9-7-4-2-1-3-5-7;/h1-5,9H,6H2,(H,10,11);/q;+1. The van der Waals surface area contributed by atoms with Crippen molar-refractivity contribution in [2.24, 2.45) is 0 Å². The molecular weight excluding hydrogens is 165 g/mol. The zero-order chi connectivity index (χ0) is 8.10. The first-order valence-corrected chi connectivity index (χ1v) is 3.30. The van der Waals surface area contributed by atoms with Crippen molar-refractivity contribution in [2.75, 3.05) is 11.9 Å². The molecule has 0 aliphatic rings. The summed E-state index contributed by atoms with van der Waals surface area (Å²) in [6.45, 7) is -0.0377. The minimum absolute atomic E-state index is 0. The van der Waals surface area contributed by atoms with Crippen LogP contribution >= 0.6 is 0 Å². The van der Waals surface area contributed by atoms with Gasteiger partial charge < -0.3 is 10.4 Å². The summed E-state index contributed by atoms with van der Waals surface area (Å²) < 4.78 is 0. The van der Waals surface area contributed by atoms with Gasteiger partial charge in [0.05, 0.1) is 0 Å². The molecule has 4 heteroatoms. The Morgan fingerprint density at radius 3 is 2.42 bits per heavy atom. The number of hydrogen-bond donors (Lipinski definition) is 2. The smallest absolute Gasteiger partial charge is 0.480 e. The third-order valence-corrected chi connectivity index (χ3v) is 1.22. The Morgan fingerprint density at radius 1 is 1.33 bits per heavy atom. The van der Waals surface area contributed by atoms with E-state index in [-0.39, 0.29) is 36.1 Å². The van der Waals surface area contributed by atoms with E-state index in [0.29, 0.717) is 0 Å². The number of anilines is 1. The summed E-state index contributed by atoms with van der Waals surface area (Å²) in [4.78, 5) is 10.1. The zero-order valence-corrected chi connectivity index (χ0v) is 8.95. The maximum atomic E-state index is 10.1. The van der Waals surface area contributed by atoms with E-state index >= 15 is 0 Å². The molecule has 0 aliphatic carbocycles. The van der Waals surface area contributed by atoms with Crippen molar-refractivity contribution < 1.29 is 39.5 Å². The molecule has 0 fully saturated rings. The predicted octanol–water partition coefficient (Wildman–Crippen LogP) is -1.81. The average Bonchev–Trinajstić information content (AvgIpc) is 2.03. The van der Waals surface area contributed by atoms with Crippen molar-refractivity contribution >= 4 is 11.7 Å². The third-order valence-electron chi connectivity index (χ3n) is 1.22. The molecule has 0 spiro atoms. The van der Waals surface area contributed by atoms with Crippen molar-refractivity contribution in [2.45, 2.75) is 0 Å². The molecule has 0 aromatic heterocycles. The van der Waals surface area contributed by atoms with Crippen LogP contribution in [0.4, 0.5) is 5.69 Å². The predicted molar refractivity (Wildman–Crippen MR) is 42.6 cm³/mol. The molecule has 1 aromatic carbocycles. The van der Waals surface area contributed by atoms with E-state index in [2.05, 4.69) is 5.32 Å². The molecule has 1 aromatic rings. The van der Waals surface area contributed by atoms with Crippen LogP contribution in [0.5, 0.6) is 0 Å².